The van der Waals surface area contributed by atoms with Gasteiger partial charge in [-0.3, -0.25) is 0 Å². The Labute approximate surface area is 122 Å². The Morgan fingerprint density at radius 2 is 2.00 bits per heavy atom. The Bertz CT molecular complexity index is 757. The van der Waals surface area contributed by atoms with Crippen LogP contribution in [0.2, 0.25) is 10.0 Å². The molecule has 1 aromatic heterocycles. The number of nitrogens with one attached hydrogen (secondary N) is 1. The molecule has 0 radical (unpaired) electrons. The van der Waals surface area contributed by atoms with E-state index in [4.69, 9.17) is 23.2 Å². The van der Waals surface area contributed by atoms with Crippen LogP contribution in [0, 0.1) is 5.82 Å². The van der Waals surface area contributed by atoms with Gasteiger partial charge in [-0.15, -0.1) is 0 Å². The lowest BCUT2D eigenvalue weighted by atomic mass is 10.3. The van der Waals surface area contributed by atoms with Crippen LogP contribution in [0.15, 0.2) is 36.4 Å². The average molecular weight is 313 g/mol. The molecule has 0 fully saturated rings. The molecule has 2 nitrogen and oxygen atoms in total. The van der Waals surface area contributed by atoms with Gasteiger partial charge < -0.3 is 5.32 Å². The topological polar surface area (TPSA) is 24.9 Å². The van der Waals surface area contributed by atoms with Crippen molar-refractivity contribution in [3.8, 4) is 0 Å². The highest BCUT2D eigenvalue weighted by atomic mass is 35.5. The van der Waals surface area contributed by atoms with Gasteiger partial charge in [-0.05, 0) is 30.3 Å². The molecule has 0 aliphatic heterocycles. The number of rotatable bonds is 2. The van der Waals surface area contributed by atoms with Gasteiger partial charge >= 0.3 is 0 Å². The summed E-state index contributed by atoms with van der Waals surface area (Å²) in [5.41, 5.74) is 1.42. The molecular formula is C13H7Cl2FN2S. The molecule has 1 heterocycles. The minimum atomic E-state index is -0.275. The van der Waals surface area contributed by atoms with Gasteiger partial charge in [0.2, 0.25) is 0 Å². The van der Waals surface area contributed by atoms with Gasteiger partial charge in [0.25, 0.3) is 0 Å². The van der Waals surface area contributed by atoms with E-state index in [-0.39, 0.29) is 5.82 Å². The summed E-state index contributed by atoms with van der Waals surface area (Å²) in [4.78, 5) is 4.36. The minimum absolute atomic E-state index is 0.275. The van der Waals surface area contributed by atoms with Crippen molar-refractivity contribution >= 4 is 55.6 Å². The molecule has 0 aliphatic rings. The van der Waals surface area contributed by atoms with Crippen LogP contribution in [0.1, 0.15) is 0 Å². The molecule has 0 spiro atoms. The quantitative estimate of drug-likeness (QED) is 0.677. The first-order chi connectivity index (χ1) is 9.13. The van der Waals surface area contributed by atoms with Gasteiger partial charge in [0.1, 0.15) is 5.82 Å². The van der Waals surface area contributed by atoms with E-state index < -0.39 is 0 Å². The van der Waals surface area contributed by atoms with Crippen molar-refractivity contribution in [1.29, 1.82) is 0 Å². The van der Waals surface area contributed by atoms with E-state index in [1.165, 1.54) is 23.5 Å². The predicted molar refractivity (Wildman–Crippen MR) is 79.3 cm³/mol. The van der Waals surface area contributed by atoms with Gasteiger partial charge in [0.15, 0.2) is 5.13 Å². The maximum absolute atomic E-state index is 13.1. The van der Waals surface area contributed by atoms with Crippen molar-refractivity contribution in [3.05, 3.63) is 52.3 Å². The fourth-order valence-electron chi connectivity index (χ4n) is 1.67. The van der Waals surface area contributed by atoms with Crippen molar-refractivity contribution in [2.45, 2.75) is 0 Å². The van der Waals surface area contributed by atoms with Gasteiger partial charge in [-0.1, -0.05) is 40.6 Å². The Hall–Kier alpha value is -1.36. The SMILES string of the molecule is Fc1ccc2nc(Nc3cccc(Cl)c3Cl)sc2c1. The van der Waals surface area contributed by atoms with Crippen LogP contribution in [0.25, 0.3) is 10.2 Å². The minimum Gasteiger partial charge on any atom is -0.330 e. The lowest BCUT2D eigenvalue weighted by Crippen LogP contribution is -1.90. The molecule has 0 saturated heterocycles. The molecule has 19 heavy (non-hydrogen) atoms. The maximum atomic E-state index is 13.1. The Balaban J connectivity index is 1.99. The van der Waals surface area contributed by atoms with E-state index in [1.54, 1.807) is 24.3 Å². The summed E-state index contributed by atoms with van der Waals surface area (Å²) in [7, 11) is 0. The van der Waals surface area contributed by atoms with Crippen LogP contribution in [0.3, 0.4) is 0 Å². The number of nitrogens with zero attached hydrogens (tertiary/aromatic N) is 1. The van der Waals surface area contributed by atoms with Crippen molar-refractivity contribution < 1.29 is 4.39 Å². The second-order valence-electron chi connectivity index (χ2n) is 3.86. The van der Waals surface area contributed by atoms with E-state index in [1.807, 2.05) is 0 Å². The Morgan fingerprint density at radius 3 is 2.84 bits per heavy atom. The number of thiazole rings is 1. The molecule has 0 bridgehead atoms. The molecule has 0 saturated carbocycles. The second-order valence-corrected chi connectivity index (χ2v) is 5.67. The third-order valence-electron chi connectivity index (χ3n) is 2.54. The van der Waals surface area contributed by atoms with Gasteiger partial charge in [-0.25, -0.2) is 9.37 Å². The van der Waals surface area contributed by atoms with Crippen molar-refractivity contribution in [2.24, 2.45) is 0 Å². The molecule has 96 valence electrons. The highest BCUT2D eigenvalue weighted by molar-refractivity contribution is 7.22. The van der Waals surface area contributed by atoms with Crippen LogP contribution >= 0.6 is 34.5 Å². The number of hydrogen-bond donors (Lipinski definition) is 1. The molecule has 0 atom stereocenters. The van der Waals surface area contributed by atoms with E-state index >= 15 is 0 Å². The summed E-state index contributed by atoms with van der Waals surface area (Å²) >= 11 is 13.4. The molecule has 3 rings (SSSR count). The van der Waals surface area contributed by atoms with E-state index in [2.05, 4.69) is 10.3 Å². The molecule has 1 N–H and O–H groups in total. The fourth-order valence-corrected chi connectivity index (χ4v) is 2.92. The number of benzene rings is 2. The summed E-state index contributed by atoms with van der Waals surface area (Å²) in [6, 6.07) is 9.80. The molecule has 2 aromatic carbocycles. The summed E-state index contributed by atoms with van der Waals surface area (Å²) in [6.45, 7) is 0. The summed E-state index contributed by atoms with van der Waals surface area (Å²) in [5.74, 6) is -0.275. The van der Waals surface area contributed by atoms with Crippen LogP contribution < -0.4 is 5.32 Å². The standard InChI is InChI=1S/C13H7Cl2FN2S/c14-8-2-1-3-10(12(8)15)18-13-17-9-5-4-7(16)6-11(9)19-13/h1-6H,(H,17,18). The molecule has 0 aliphatic carbocycles. The van der Waals surface area contributed by atoms with Crippen molar-refractivity contribution in [1.82, 2.24) is 4.98 Å². The van der Waals surface area contributed by atoms with Crippen molar-refractivity contribution in [2.75, 3.05) is 5.32 Å². The summed E-state index contributed by atoms with van der Waals surface area (Å²) in [6.07, 6.45) is 0. The average Bonchev–Trinajstić information content (AvgIpc) is 2.76. The van der Waals surface area contributed by atoms with Gasteiger partial charge in [0, 0.05) is 0 Å². The number of aromatic nitrogens is 1. The lowest BCUT2D eigenvalue weighted by Gasteiger charge is -2.05. The Kier molecular flexibility index (Phi) is 3.31. The van der Waals surface area contributed by atoms with Gasteiger partial charge in [0.05, 0.1) is 25.9 Å². The largest absolute Gasteiger partial charge is 0.330 e. The molecule has 0 amide bonds. The zero-order chi connectivity index (χ0) is 13.4. The number of anilines is 2. The molecule has 3 aromatic rings. The normalized spacial score (nSPS) is 10.9. The number of hydrogen-bond acceptors (Lipinski definition) is 3. The predicted octanol–water partition coefficient (Wildman–Crippen LogP) is 5.49. The van der Waals surface area contributed by atoms with E-state index in [0.717, 1.165) is 10.2 Å². The second kappa shape index (κ2) is 4.96. The monoisotopic (exact) mass is 312 g/mol. The van der Waals surface area contributed by atoms with Crippen LogP contribution in [-0.2, 0) is 0 Å². The number of halogens is 3. The maximum Gasteiger partial charge on any atom is 0.188 e. The third kappa shape index (κ3) is 2.52. The molecular weight excluding hydrogens is 306 g/mol. The first kappa shape index (κ1) is 12.7. The van der Waals surface area contributed by atoms with Crippen LogP contribution in [0.4, 0.5) is 15.2 Å². The van der Waals surface area contributed by atoms with Crippen LogP contribution in [0.5, 0.6) is 0 Å². The van der Waals surface area contributed by atoms with E-state index in [0.29, 0.717) is 20.9 Å². The van der Waals surface area contributed by atoms with Gasteiger partial charge in [-0.2, -0.15) is 0 Å². The molecule has 0 unspecified atom stereocenters. The summed E-state index contributed by atoms with van der Waals surface area (Å²) < 4.78 is 13.9. The van der Waals surface area contributed by atoms with E-state index in [9.17, 15) is 4.39 Å². The lowest BCUT2D eigenvalue weighted by molar-refractivity contribution is 0.630. The molecule has 6 heteroatoms. The zero-order valence-corrected chi connectivity index (χ0v) is 11.8. The Morgan fingerprint density at radius 1 is 1.16 bits per heavy atom. The first-order valence-electron chi connectivity index (χ1n) is 5.40. The highest BCUT2D eigenvalue weighted by Gasteiger charge is 2.08. The highest BCUT2D eigenvalue weighted by Crippen LogP contribution is 2.34. The van der Waals surface area contributed by atoms with Crippen LogP contribution in [-0.4, -0.2) is 4.98 Å². The third-order valence-corrected chi connectivity index (χ3v) is 4.30. The summed E-state index contributed by atoms with van der Waals surface area (Å²) in [5, 5.41) is 4.64. The fraction of sp³-hybridized carbons (Fsp3) is 0. The smallest absolute Gasteiger partial charge is 0.188 e. The van der Waals surface area contributed by atoms with Crippen molar-refractivity contribution in [3.63, 3.8) is 0 Å². The number of fused-ring (bicyclic) bond motifs is 1. The zero-order valence-electron chi connectivity index (χ0n) is 9.45. The first-order valence-corrected chi connectivity index (χ1v) is 6.98.